The van der Waals surface area contributed by atoms with Crippen LogP contribution < -0.4 is 9.47 Å². The van der Waals surface area contributed by atoms with Gasteiger partial charge in [0.15, 0.2) is 17.3 Å². The van der Waals surface area contributed by atoms with Crippen molar-refractivity contribution >= 4 is 21.8 Å². The van der Waals surface area contributed by atoms with Gasteiger partial charge < -0.3 is 19.0 Å². The number of aromatic amines is 1. The van der Waals surface area contributed by atoms with E-state index in [9.17, 15) is 0 Å². The van der Waals surface area contributed by atoms with E-state index in [1.165, 1.54) is 0 Å². The van der Waals surface area contributed by atoms with E-state index in [1.807, 2.05) is 19.1 Å². The van der Waals surface area contributed by atoms with Crippen LogP contribution in [0.15, 0.2) is 22.9 Å². The van der Waals surface area contributed by atoms with Gasteiger partial charge in [0.2, 0.25) is 0 Å². The second-order valence-electron chi connectivity index (χ2n) is 5.97. The van der Waals surface area contributed by atoms with Crippen molar-refractivity contribution in [2.45, 2.75) is 26.7 Å². The number of benzene rings is 1. The van der Waals surface area contributed by atoms with Gasteiger partial charge in [-0.05, 0) is 18.1 Å². The number of ether oxygens (including phenoxy) is 2. The topological polar surface area (TPSA) is 86.1 Å². The summed E-state index contributed by atoms with van der Waals surface area (Å²) in [5.41, 5.74) is 3.70. The summed E-state index contributed by atoms with van der Waals surface area (Å²) < 4.78 is 16.3. The van der Waals surface area contributed by atoms with E-state index in [4.69, 9.17) is 14.0 Å². The van der Waals surface area contributed by atoms with Crippen LogP contribution in [-0.4, -0.2) is 34.3 Å². The average Bonchev–Trinajstić information content (AvgIpc) is 3.29. The van der Waals surface area contributed by atoms with Gasteiger partial charge in [-0.15, -0.1) is 0 Å². The number of aryl methyl sites for hydroxylation is 2. The number of rotatable bonds is 5. The van der Waals surface area contributed by atoms with Crippen LogP contribution in [0.1, 0.15) is 25.2 Å². The summed E-state index contributed by atoms with van der Waals surface area (Å²) in [6.45, 7) is 4.09. The van der Waals surface area contributed by atoms with Crippen LogP contribution in [0.5, 0.6) is 11.5 Å². The number of pyridine rings is 1. The molecule has 1 aromatic carbocycles. The van der Waals surface area contributed by atoms with Gasteiger partial charge in [0, 0.05) is 23.3 Å². The molecule has 0 bridgehead atoms. The molecule has 0 aliphatic carbocycles. The molecule has 4 rings (SSSR count). The summed E-state index contributed by atoms with van der Waals surface area (Å²) in [5, 5.41) is 6.13. The molecule has 0 aliphatic heterocycles. The second kappa shape index (κ2) is 6.33. The molecule has 134 valence electrons. The Labute approximate surface area is 150 Å². The van der Waals surface area contributed by atoms with Crippen molar-refractivity contribution in [1.82, 2.24) is 20.1 Å². The van der Waals surface area contributed by atoms with Crippen LogP contribution in [-0.2, 0) is 12.8 Å². The maximum Gasteiger partial charge on any atom is 0.276 e. The zero-order valence-electron chi connectivity index (χ0n) is 15.2. The molecular weight excluding hydrogens is 332 g/mol. The number of nitrogens with one attached hydrogen (secondary N) is 1. The molecule has 4 aromatic rings. The number of methoxy groups -OCH3 is 2. The van der Waals surface area contributed by atoms with Crippen molar-refractivity contribution in [1.29, 1.82) is 0 Å². The summed E-state index contributed by atoms with van der Waals surface area (Å²) in [6.07, 6.45) is 3.31. The van der Waals surface area contributed by atoms with E-state index >= 15 is 0 Å². The lowest BCUT2D eigenvalue weighted by molar-refractivity contribution is 0.356. The molecule has 1 N–H and O–H groups in total. The lowest BCUT2D eigenvalue weighted by Gasteiger charge is -2.08. The molecule has 0 aliphatic rings. The fourth-order valence-electron chi connectivity index (χ4n) is 3.31. The third-order valence-corrected chi connectivity index (χ3v) is 4.58. The Kier molecular flexibility index (Phi) is 3.99. The van der Waals surface area contributed by atoms with E-state index in [0.717, 1.165) is 45.9 Å². The van der Waals surface area contributed by atoms with Gasteiger partial charge in [-0.25, -0.2) is 4.98 Å². The van der Waals surface area contributed by atoms with Crippen molar-refractivity contribution in [3.05, 3.63) is 29.7 Å². The highest BCUT2D eigenvalue weighted by Gasteiger charge is 2.20. The normalized spacial score (nSPS) is 11.4. The summed E-state index contributed by atoms with van der Waals surface area (Å²) >= 11 is 0. The third-order valence-electron chi connectivity index (χ3n) is 4.58. The van der Waals surface area contributed by atoms with Gasteiger partial charge in [0.05, 0.1) is 31.4 Å². The fourth-order valence-corrected chi connectivity index (χ4v) is 3.31. The first-order chi connectivity index (χ1) is 12.7. The van der Waals surface area contributed by atoms with Gasteiger partial charge >= 0.3 is 0 Å². The quantitative estimate of drug-likeness (QED) is 0.586. The van der Waals surface area contributed by atoms with E-state index in [1.54, 1.807) is 20.4 Å². The molecule has 3 heterocycles. The molecule has 0 amide bonds. The highest BCUT2D eigenvalue weighted by molar-refractivity contribution is 6.10. The van der Waals surface area contributed by atoms with Crippen LogP contribution in [0.2, 0.25) is 0 Å². The number of H-pyrrole nitrogens is 1. The summed E-state index contributed by atoms with van der Waals surface area (Å²) in [4.78, 5) is 12.4. The van der Waals surface area contributed by atoms with Crippen LogP contribution in [0.4, 0.5) is 0 Å². The first-order valence-corrected chi connectivity index (χ1v) is 8.58. The van der Waals surface area contributed by atoms with Crippen molar-refractivity contribution in [2.24, 2.45) is 0 Å². The number of hydrogen-bond acceptors (Lipinski definition) is 6. The van der Waals surface area contributed by atoms with E-state index in [-0.39, 0.29) is 0 Å². The zero-order valence-corrected chi connectivity index (χ0v) is 15.2. The molecule has 0 saturated heterocycles. The number of fused-ring (bicyclic) bond motifs is 3. The second-order valence-corrected chi connectivity index (χ2v) is 5.97. The Hall–Kier alpha value is -3.09. The lowest BCUT2D eigenvalue weighted by atomic mass is 10.0. The van der Waals surface area contributed by atoms with Crippen LogP contribution in [0, 0.1) is 0 Å². The van der Waals surface area contributed by atoms with Crippen molar-refractivity contribution in [3.8, 4) is 23.1 Å². The maximum atomic E-state index is 5.47. The largest absolute Gasteiger partial charge is 0.493 e. The minimum Gasteiger partial charge on any atom is -0.493 e. The Morgan fingerprint density at radius 2 is 1.81 bits per heavy atom. The van der Waals surface area contributed by atoms with Gasteiger partial charge in [-0.3, -0.25) is 0 Å². The van der Waals surface area contributed by atoms with Gasteiger partial charge in [-0.1, -0.05) is 19.0 Å². The standard InChI is InChI=1S/C19H20N4O3/c1-5-10-17-11-7-14(24-3)15(25-4)8-12(11)21-13(17)9-20-18(10)19-22-16(6-2)23-26-19/h7-9,21H,5-6H2,1-4H3. The SMILES string of the molecule is CCc1noc(-c2ncc3[nH]c4cc(OC)c(OC)cc4c3c2CC)n1. The predicted molar refractivity (Wildman–Crippen MR) is 98.8 cm³/mol. The Balaban J connectivity index is 2.03. The van der Waals surface area contributed by atoms with Crippen LogP contribution >= 0.6 is 0 Å². The molecule has 7 nitrogen and oxygen atoms in total. The maximum absolute atomic E-state index is 5.47. The lowest BCUT2D eigenvalue weighted by Crippen LogP contribution is -1.94. The molecule has 0 atom stereocenters. The highest BCUT2D eigenvalue weighted by atomic mass is 16.5. The first kappa shape index (κ1) is 16.4. The number of nitrogens with zero attached hydrogens (tertiary/aromatic N) is 3. The minimum absolute atomic E-state index is 0.454. The molecule has 7 heteroatoms. The molecule has 0 spiro atoms. The third kappa shape index (κ3) is 2.39. The number of aromatic nitrogens is 4. The van der Waals surface area contributed by atoms with Gasteiger partial charge in [0.1, 0.15) is 5.69 Å². The van der Waals surface area contributed by atoms with E-state index < -0.39 is 0 Å². The average molecular weight is 352 g/mol. The summed E-state index contributed by atoms with van der Waals surface area (Å²) in [5.74, 6) is 2.50. The molecule has 26 heavy (non-hydrogen) atoms. The van der Waals surface area contributed by atoms with E-state index in [0.29, 0.717) is 23.2 Å². The first-order valence-electron chi connectivity index (χ1n) is 8.58. The molecule has 0 radical (unpaired) electrons. The highest BCUT2D eigenvalue weighted by Crippen LogP contribution is 2.38. The summed E-state index contributed by atoms with van der Waals surface area (Å²) in [7, 11) is 3.27. The zero-order chi connectivity index (χ0) is 18.3. The molecule has 0 unspecified atom stereocenters. The molecular formula is C19H20N4O3. The van der Waals surface area contributed by atoms with Crippen molar-refractivity contribution in [2.75, 3.05) is 14.2 Å². The fraction of sp³-hybridized carbons (Fsp3) is 0.316. The van der Waals surface area contributed by atoms with Gasteiger partial charge in [-0.2, -0.15) is 4.98 Å². The molecule has 0 fully saturated rings. The molecule has 3 aromatic heterocycles. The van der Waals surface area contributed by atoms with Crippen LogP contribution in [0.3, 0.4) is 0 Å². The molecule has 0 saturated carbocycles. The minimum atomic E-state index is 0.454. The van der Waals surface area contributed by atoms with Crippen LogP contribution in [0.25, 0.3) is 33.4 Å². The Bertz CT molecular complexity index is 1100. The Morgan fingerprint density at radius 3 is 2.46 bits per heavy atom. The smallest absolute Gasteiger partial charge is 0.276 e. The van der Waals surface area contributed by atoms with Crippen molar-refractivity contribution in [3.63, 3.8) is 0 Å². The van der Waals surface area contributed by atoms with Gasteiger partial charge in [0.25, 0.3) is 5.89 Å². The van der Waals surface area contributed by atoms with Crippen molar-refractivity contribution < 1.29 is 14.0 Å². The number of hydrogen-bond donors (Lipinski definition) is 1. The Morgan fingerprint density at radius 1 is 1.04 bits per heavy atom. The monoisotopic (exact) mass is 352 g/mol. The van der Waals surface area contributed by atoms with E-state index in [2.05, 4.69) is 27.0 Å². The predicted octanol–water partition coefficient (Wildman–Crippen LogP) is 3.91. The summed E-state index contributed by atoms with van der Waals surface area (Å²) in [6, 6.07) is 3.93.